The minimum absolute atomic E-state index is 0.0121. The fraction of sp³-hybridized carbons (Fsp3) is 0.794. The summed E-state index contributed by atoms with van der Waals surface area (Å²) < 4.78 is 12.4. The van der Waals surface area contributed by atoms with Gasteiger partial charge in [-0.15, -0.1) is 0 Å². The predicted molar refractivity (Wildman–Crippen MR) is 159 cm³/mol. The number of hydrogen-bond donors (Lipinski definition) is 1. The number of ketones is 2. The summed E-state index contributed by atoms with van der Waals surface area (Å²) >= 11 is 0. The van der Waals surface area contributed by atoms with E-state index in [0.717, 1.165) is 56.1 Å². The summed E-state index contributed by atoms with van der Waals surface area (Å²) in [4.78, 5) is 50.4. The molecule has 0 amide bonds. The van der Waals surface area contributed by atoms with Crippen molar-refractivity contribution < 1.29 is 28.7 Å². The molecule has 10 atom stereocenters. The van der Waals surface area contributed by atoms with Crippen LogP contribution < -0.4 is 0 Å². The highest BCUT2D eigenvalue weighted by atomic mass is 28.4. The number of hydrogen-bond acceptors (Lipinski definition) is 6. The van der Waals surface area contributed by atoms with Crippen LogP contribution >= 0.6 is 0 Å². The molecule has 7 heteroatoms. The van der Waals surface area contributed by atoms with Gasteiger partial charge in [0.05, 0.1) is 11.5 Å². The summed E-state index contributed by atoms with van der Waals surface area (Å²) in [5, 5.41) is -0.176. The lowest BCUT2D eigenvalue weighted by molar-refractivity contribution is -0.155. The second-order valence-corrected chi connectivity index (χ2v) is 20.6. The maximum atomic E-state index is 13.4. The van der Waals surface area contributed by atoms with E-state index < -0.39 is 19.3 Å². The van der Waals surface area contributed by atoms with Gasteiger partial charge in [-0.2, -0.15) is 0 Å². The molecule has 1 spiro atoms. The summed E-state index contributed by atoms with van der Waals surface area (Å²) in [5.74, 6) is 1.63. The van der Waals surface area contributed by atoms with E-state index in [9.17, 15) is 19.2 Å². The van der Waals surface area contributed by atoms with Crippen LogP contribution in [0, 0.1) is 40.4 Å². The number of carbonyl (C=O) groups excluding carboxylic acids is 3. The van der Waals surface area contributed by atoms with Gasteiger partial charge in [0.2, 0.25) is 0 Å². The molecule has 1 saturated heterocycles. The van der Waals surface area contributed by atoms with Gasteiger partial charge in [0, 0.05) is 12.0 Å². The molecule has 4 fully saturated rings. The van der Waals surface area contributed by atoms with Gasteiger partial charge in [0.1, 0.15) is 6.10 Å². The Hall–Kier alpha value is -1.57. The van der Waals surface area contributed by atoms with Gasteiger partial charge in [-0.3, -0.25) is 9.59 Å². The molecular weight excluding hydrogens is 532 g/mol. The number of ether oxygens (including phenoxy) is 2. The van der Waals surface area contributed by atoms with Crippen LogP contribution in [0.25, 0.3) is 0 Å². The van der Waals surface area contributed by atoms with E-state index in [0.29, 0.717) is 24.2 Å². The van der Waals surface area contributed by atoms with E-state index in [-0.39, 0.29) is 52.0 Å². The van der Waals surface area contributed by atoms with Crippen molar-refractivity contribution in [2.45, 2.75) is 129 Å². The minimum atomic E-state index is -2.35. The zero-order valence-electron chi connectivity index (χ0n) is 26.3. The van der Waals surface area contributed by atoms with Crippen molar-refractivity contribution in [1.29, 1.82) is 0 Å². The number of fused-ring (bicyclic) bond motifs is 4. The highest BCUT2D eigenvalue weighted by molar-refractivity contribution is 6.72. The quantitative estimate of drug-likeness (QED) is 0.224. The largest absolute Gasteiger partial charge is 0.458 e. The molecule has 3 saturated carbocycles. The Bertz CT molecular complexity index is 1240. The molecule has 1 N–H and O–H groups in total. The zero-order valence-corrected chi connectivity index (χ0v) is 27.3. The first-order valence-corrected chi connectivity index (χ1v) is 19.0. The summed E-state index contributed by atoms with van der Waals surface area (Å²) in [7, 11) is -2.35. The van der Waals surface area contributed by atoms with Crippen molar-refractivity contribution >= 4 is 25.9 Å². The van der Waals surface area contributed by atoms with Gasteiger partial charge < -0.3 is 14.3 Å². The van der Waals surface area contributed by atoms with E-state index in [2.05, 4.69) is 34.6 Å². The fourth-order valence-electron chi connectivity index (χ4n) is 10.4. The van der Waals surface area contributed by atoms with Crippen molar-refractivity contribution in [3.05, 3.63) is 23.3 Å². The van der Waals surface area contributed by atoms with Crippen molar-refractivity contribution in [1.82, 2.24) is 0 Å². The number of allylic oxidation sites excluding steroid dienone is 1. The third-order valence-electron chi connectivity index (χ3n) is 13.9. The molecule has 0 bridgehead atoms. The van der Waals surface area contributed by atoms with Gasteiger partial charge in [-0.25, -0.2) is 4.79 Å². The van der Waals surface area contributed by atoms with Crippen LogP contribution in [0.3, 0.4) is 0 Å². The normalized spacial score (nSPS) is 44.6. The minimum Gasteiger partial charge on any atom is -0.458 e. The second kappa shape index (κ2) is 9.22. The Labute approximate surface area is 246 Å². The third-order valence-corrected chi connectivity index (χ3v) is 17.5. The standard InChI is InChI=1S/C34H50O6Si/c1-19-17-26(39-30(37)21(19)13-15-31(3,4)41(7,8)38)20(2)23-9-10-24-22-18-29-34(40-29)28(36)12-11-27(35)33(34,6)25(22)14-16-32(23,24)5/h11-12,20,22-26,29,38H,9-10,13-18H2,1-8H3/t20-,22?,23?,24?,25?,26?,29+,32+,33-,34+/m0/s1. The van der Waals surface area contributed by atoms with Crippen LogP contribution in [0.4, 0.5) is 0 Å². The number of esters is 1. The average molecular weight is 583 g/mol. The maximum absolute atomic E-state index is 13.4. The van der Waals surface area contributed by atoms with Crippen molar-refractivity contribution in [3.63, 3.8) is 0 Å². The summed E-state index contributed by atoms with van der Waals surface area (Å²) in [5.41, 5.74) is 0.401. The maximum Gasteiger partial charge on any atom is 0.334 e. The molecule has 2 heterocycles. The van der Waals surface area contributed by atoms with Crippen LogP contribution in [-0.4, -0.2) is 48.5 Å². The van der Waals surface area contributed by atoms with Gasteiger partial charge in [-0.1, -0.05) is 33.3 Å². The Morgan fingerprint density at radius 3 is 2.41 bits per heavy atom. The topological polar surface area (TPSA) is 93.2 Å². The van der Waals surface area contributed by atoms with E-state index >= 15 is 0 Å². The second-order valence-electron chi connectivity index (χ2n) is 16.2. The molecule has 0 radical (unpaired) electrons. The lowest BCUT2D eigenvalue weighted by Gasteiger charge is -2.57. The first-order valence-electron chi connectivity index (χ1n) is 16.1. The lowest BCUT2D eigenvalue weighted by Crippen LogP contribution is -2.62. The average Bonchev–Trinajstić information content (AvgIpc) is 3.51. The van der Waals surface area contributed by atoms with Gasteiger partial charge in [-0.05, 0) is 124 Å². The summed E-state index contributed by atoms with van der Waals surface area (Å²) in [6, 6.07) is 0. The first-order chi connectivity index (χ1) is 19.0. The summed E-state index contributed by atoms with van der Waals surface area (Å²) in [6.07, 6.45) is 10.0. The first kappa shape index (κ1) is 29.5. The molecule has 2 aliphatic heterocycles. The number of cyclic esters (lactones) is 1. The molecular formula is C34H50O6Si. The smallest absolute Gasteiger partial charge is 0.334 e. The molecule has 4 aliphatic carbocycles. The molecule has 5 unspecified atom stereocenters. The van der Waals surface area contributed by atoms with E-state index in [1.54, 1.807) is 0 Å². The van der Waals surface area contributed by atoms with E-state index in [1.165, 1.54) is 12.2 Å². The molecule has 41 heavy (non-hydrogen) atoms. The van der Waals surface area contributed by atoms with Crippen molar-refractivity contribution in [2.24, 2.45) is 40.4 Å². The highest BCUT2D eigenvalue weighted by Crippen LogP contribution is 2.72. The summed E-state index contributed by atoms with van der Waals surface area (Å²) in [6.45, 7) is 17.0. The van der Waals surface area contributed by atoms with Gasteiger partial charge in [0.25, 0.3) is 0 Å². The van der Waals surface area contributed by atoms with Crippen LogP contribution in [0.15, 0.2) is 23.3 Å². The third kappa shape index (κ3) is 3.96. The van der Waals surface area contributed by atoms with Crippen molar-refractivity contribution in [2.75, 3.05) is 0 Å². The highest BCUT2D eigenvalue weighted by Gasteiger charge is 2.80. The molecule has 0 aromatic carbocycles. The van der Waals surface area contributed by atoms with Crippen LogP contribution in [0.2, 0.25) is 18.1 Å². The van der Waals surface area contributed by atoms with E-state index in [1.807, 2.05) is 20.0 Å². The predicted octanol–water partition coefficient (Wildman–Crippen LogP) is 6.33. The Kier molecular flexibility index (Phi) is 6.63. The van der Waals surface area contributed by atoms with E-state index in [4.69, 9.17) is 9.47 Å². The molecule has 0 aromatic rings. The Morgan fingerprint density at radius 2 is 1.76 bits per heavy atom. The van der Waals surface area contributed by atoms with Crippen molar-refractivity contribution in [3.8, 4) is 0 Å². The monoisotopic (exact) mass is 582 g/mol. The molecule has 0 aromatic heterocycles. The molecule has 6 rings (SSSR count). The Balaban J connectivity index is 1.18. The lowest BCUT2D eigenvalue weighted by atomic mass is 9.44. The molecule has 6 aliphatic rings. The van der Waals surface area contributed by atoms with Crippen LogP contribution in [-0.2, 0) is 23.9 Å². The SMILES string of the molecule is CC1=C(CCC(C)(C)[Si](C)(C)O)C(=O)OC([C@@H](C)C2CCC3C4C[C@H]5O[C@]56C(=O)C=CC(=O)[C@]6(C)C4CC[C@@]32C)C1. The number of epoxide rings is 1. The van der Waals surface area contributed by atoms with Gasteiger partial charge in [0.15, 0.2) is 25.5 Å². The van der Waals surface area contributed by atoms with Gasteiger partial charge >= 0.3 is 5.97 Å². The molecule has 6 nitrogen and oxygen atoms in total. The Morgan fingerprint density at radius 1 is 1.07 bits per heavy atom. The molecule has 226 valence electrons. The van der Waals surface area contributed by atoms with Crippen LogP contribution in [0.1, 0.15) is 92.9 Å². The van der Waals surface area contributed by atoms with Crippen LogP contribution in [0.5, 0.6) is 0 Å². The fourth-order valence-corrected chi connectivity index (χ4v) is 11.1. The number of carbonyl (C=O) groups is 3. The number of rotatable bonds is 6. The zero-order chi connectivity index (χ0) is 29.9.